The minimum Gasteiger partial charge on any atom is -0.478 e. The molecule has 6 nitrogen and oxygen atoms in total. The minimum atomic E-state index is -0.0589. The van der Waals surface area contributed by atoms with Gasteiger partial charge >= 0.3 is 0 Å². The molecule has 0 aliphatic carbocycles. The number of nitrogens with zero attached hydrogens (tertiary/aromatic N) is 3. The Morgan fingerprint density at radius 3 is 3.00 bits per heavy atom. The fraction of sp³-hybridized carbons (Fsp3) is 0.481. The van der Waals surface area contributed by atoms with Gasteiger partial charge in [-0.05, 0) is 81.0 Å². The Morgan fingerprint density at radius 2 is 2.12 bits per heavy atom. The number of piperidine rings is 2. The van der Waals surface area contributed by atoms with Gasteiger partial charge in [-0.1, -0.05) is 12.5 Å². The van der Waals surface area contributed by atoms with E-state index >= 15 is 0 Å². The Labute approximate surface area is 195 Å². The van der Waals surface area contributed by atoms with Crippen molar-refractivity contribution >= 4 is 11.9 Å². The Balaban J connectivity index is 1.25. The Morgan fingerprint density at radius 1 is 1.21 bits per heavy atom. The second-order valence-electron chi connectivity index (χ2n) is 9.89. The predicted octanol–water partition coefficient (Wildman–Crippen LogP) is 4.42. The van der Waals surface area contributed by atoms with Crippen LogP contribution in [0.1, 0.15) is 59.2 Å². The molecule has 2 saturated heterocycles. The molecule has 0 unspecified atom stereocenters. The van der Waals surface area contributed by atoms with Crippen LogP contribution >= 0.6 is 0 Å². The summed E-state index contributed by atoms with van der Waals surface area (Å²) in [6.07, 6.45) is 11.8. The van der Waals surface area contributed by atoms with Crippen LogP contribution in [0.4, 0.5) is 0 Å². The van der Waals surface area contributed by atoms with Crippen molar-refractivity contribution in [3.63, 3.8) is 0 Å². The van der Waals surface area contributed by atoms with Crippen LogP contribution in [0.15, 0.2) is 36.4 Å². The number of carbonyl (C=O) groups is 1. The van der Waals surface area contributed by atoms with Gasteiger partial charge in [-0.25, -0.2) is 0 Å². The number of ether oxygens (including phenoxy) is 2. The summed E-state index contributed by atoms with van der Waals surface area (Å²) in [7, 11) is 0. The first-order chi connectivity index (χ1) is 16.2. The lowest BCUT2D eigenvalue weighted by molar-refractivity contribution is 0.0141. The highest BCUT2D eigenvalue weighted by atomic mass is 16.5. The SMILES string of the molecule is Cc1cc2c(c3c1C(=O)C(=Cc1cccnc1)O3)CN(C[C@@H]1CCCN3CCCC[C@H]13)CO2. The van der Waals surface area contributed by atoms with Gasteiger partial charge in [-0.3, -0.25) is 14.7 Å². The standard InChI is InChI=1S/C27H31N3O3/c1-18-12-23-21(27-25(18)26(31)24(33-27)13-19-6-4-9-28-14-19)16-29(17-32-23)15-20-7-5-11-30-10-3-2-8-22(20)30/h4,6,9,12-14,20,22H,2-3,5,7-8,10-11,15-17H2,1H3/t20-,22+/m0/s1. The molecule has 33 heavy (non-hydrogen) atoms. The van der Waals surface area contributed by atoms with Gasteiger partial charge < -0.3 is 14.4 Å². The number of benzene rings is 1. The lowest BCUT2D eigenvalue weighted by Crippen LogP contribution is -2.51. The minimum absolute atomic E-state index is 0.0589. The monoisotopic (exact) mass is 445 g/mol. The number of ketones is 1. The summed E-state index contributed by atoms with van der Waals surface area (Å²) in [4.78, 5) is 22.4. The highest BCUT2D eigenvalue weighted by molar-refractivity contribution is 6.15. The second-order valence-corrected chi connectivity index (χ2v) is 9.89. The Kier molecular flexibility index (Phi) is 5.43. The van der Waals surface area contributed by atoms with E-state index in [1.165, 1.54) is 45.2 Å². The topological polar surface area (TPSA) is 54.9 Å². The smallest absolute Gasteiger partial charge is 0.232 e. The number of allylic oxidation sites excluding steroid dienone is 1. The van der Waals surface area contributed by atoms with Gasteiger partial charge in [0.25, 0.3) is 0 Å². The third-order valence-electron chi connectivity index (χ3n) is 7.69. The molecule has 6 rings (SSSR count). The van der Waals surface area contributed by atoms with E-state index in [-0.39, 0.29) is 5.78 Å². The molecule has 5 heterocycles. The Bertz CT molecular complexity index is 1100. The highest BCUT2D eigenvalue weighted by Gasteiger charge is 2.38. The van der Waals surface area contributed by atoms with Gasteiger partial charge in [0, 0.05) is 31.5 Å². The average molecular weight is 446 g/mol. The fourth-order valence-electron chi connectivity index (χ4n) is 6.13. The van der Waals surface area contributed by atoms with Crippen molar-refractivity contribution in [3.05, 3.63) is 58.6 Å². The molecule has 2 atom stereocenters. The average Bonchev–Trinajstić information content (AvgIpc) is 3.17. The summed E-state index contributed by atoms with van der Waals surface area (Å²) in [5, 5.41) is 0. The van der Waals surface area contributed by atoms with Crippen LogP contribution in [-0.4, -0.2) is 53.0 Å². The van der Waals surface area contributed by atoms with E-state index in [2.05, 4.69) is 14.8 Å². The number of rotatable bonds is 3. The zero-order chi connectivity index (χ0) is 22.4. The molecule has 0 radical (unpaired) electrons. The molecule has 0 amide bonds. The van der Waals surface area contributed by atoms with Crippen LogP contribution in [0.25, 0.3) is 6.08 Å². The maximum absolute atomic E-state index is 13.2. The van der Waals surface area contributed by atoms with Gasteiger partial charge in [-0.15, -0.1) is 0 Å². The summed E-state index contributed by atoms with van der Waals surface area (Å²) in [6.45, 7) is 6.87. The van der Waals surface area contributed by atoms with E-state index in [9.17, 15) is 4.79 Å². The summed E-state index contributed by atoms with van der Waals surface area (Å²) in [6, 6.07) is 6.50. The van der Waals surface area contributed by atoms with E-state index in [1.807, 2.05) is 25.1 Å². The van der Waals surface area contributed by atoms with E-state index in [4.69, 9.17) is 9.47 Å². The number of Topliss-reactive ketones (excluding diaryl/α,β-unsaturated/α-hetero) is 1. The zero-order valence-corrected chi connectivity index (χ0v) is 19.3. The molecular weight excluding hydrogens is 414 g/mol. The fourth-order valence-corrected chi connectivity index (χ4v) is 6.13. The summed E-state index contributed by atoms with van der Waals surface area (Å²) >= 11 is 0. The molecule has 4 aliphatic heterocycles. The first-order valence-electron chi connectivity index (χ1n) is 12.3. The first-order valence-corrected chi connectivity index (χ1v) is 12.3. The zero-order valence-electron chi connectivity index (χ0n) is 19.3. The molecule has 6 heteroatoms. The summed E-state index contributed by atoms with van der Waals surface area (Å²) in [5.74, 6) is 2.51. The number of aromatic nitrogens is 1. The van der Waals surface area contributed by atoms with Crippen molar-refractivity contribution in [2.75, 3.05) is 26.4 Å². The highest BCUT2D eigenvalue weighted by Crippen LogP contribution is 2.44. The van der Waals surface area contributed by atoms with Gasteiger partial charge in [0.2, 0.25) is 5.78 Å². The molecule has 0 spiro atoms. The third kappa shape index (κ3) is 3.85. The number of hydrogen-bond acceptors (Lipinski definition) is 6. The van der Waals surface area contributed by atoms with Gasteiger partial charge in [0.15, 0.2) is 5.76 Å². The first kappa shape index (κ1) is 20.9. The van der Waals surface area contributed by atoms with Crippen LogP contribution in [0.2, 0.25) is 0 Å². The molecule has 0 bridgehead atoms. The molecule has 4 aliphatic rings. The van der Waals surface area contributed by atoms with Crippen LogP contribution < -0.4 is 9.47 Å². The number of aryl methyl sites for hydroxylation is 1. The quantitative estimate of drug-likeness (QED) is 0.652. The molecular formula is C27H31N3O3. The van der Waals surface area contributed by atoms with Crippen LogP contribution in [0.3, 0.4) is 0 Å². The largest absolute Gasteiger partial charge is 0.478 e. The van der Waals surface area contributed by atoms with Crippen molar-refractivity contribution < 1.29 is 14.3 Å². The van der Waals surface area contributed by atoms with E-state index in [0.717, 1.165) is 35.5 Å². The molecule has 1 aromatic heterocycles. The molecule has 2 fully saturated rings. The lowest BCUT2D eigenvalue weighted by Gasteiger charge is -2.46. The van der Waals surface area contributed by atoms with Gasteiger partial charge in [-0.2, -0.15) is 0 Å². The van der Waals surface area contributed by atoms with Crippen molar-refractivity contribution in [2.45, 2.75) is 51.6 Å². The lowest BCUT2D eigenvalue weighted by atomic mass is 9.83. The van der Waals surface area contributed by atoms with Crippen LogP contribution in [-0.2, 0) is 6.54 Å². The van der Waals surface area contributed by atoms with E-state index in [0.29, 0.717) is 35.8 Å². The maximum Gasteiger partial charge on any atom is 0.232 e. The second kappa shape index (κ2) is 8.58. The van der Waals surface area contributed by atoms with Crippen molar-refractivity contribution in [1.29, 1.82) is 0 Å². The Hall–Kier alpha value is -2.70. The van der Waals surface area contributed by atoms with Crippen molar-refractivity contribution in [1.82, 2.24) is 14.8 Å². The van der Waals surface area contributed by atoms with E-state index < -0.39 is 0 Å². The van der Waals surface area contributed by atoms with Crippen LogP contribution in [0.5, 0.6) is 11.5 Å². The normalized spacial score (nSPS) is 26.3. The molecule has 172 valence electrons. The molecule has 1 aromatic carbocycles. The van der Waals surface area contributed by atoms with Crippen molar-refractivity contribution in [3.8, 4) is 11.5 Å². The summed E-state index contributed by atoms with van der Waals surface area (Å²) in [5.41, 5.74) is 3.43. The number of fused-ring (bicyclic) bond motifs is 4. The summed E-state index contributed by atoms with van der Waals surface area (Å²) < 4.78 is 12.4. The molecule has 0 saturated carbocycles. The number of hydrogen-bond donors (Lipinski definition) is 0. The molecule has 2 aromatic rings. The van der Waals surface area contributed by atoms with Gasteiger partial charge in [0.1, 0.15) is 18.2 Å². The predicted molar refractivity (Wildman–Crippen MR) is 126 cm³/mol. The number of pyridine rings is 1. The molecule has 0 N–H and O–H groups in total. The van der Waals surface area contributed by atoms with Gasteiger partial charge in [0.05, 0.1) is 11.1 Å². The van der Waals surface area contributed by atoms with E-state index in [1.54, 1.807) is 18.5 Å². The van der Waals surface area contributed by atoms with Crippen LogP contribution in [0, 0.1) is 12.8 Å². The van der Waals surface area contributed by atoms with Crippen molar-refractivity contribution in [2.24, 2.45) is 5.92 Å². The third-order valence-corrected chi connectivity index (χ3v) is 7.69. The maximum atomic E-state index is 13.2. The number of carbonyl (C=O) groups excluding carboxylic acids is 1.